The molecule has 0 heterocycles. The second kappa shape index (κ2) is 8.80. The molecule has 0 aromatic carbocycles. The first-order valence-electron chi connectivity index (χ1n) is 6.46. The summed E-state index contributed by atoms with van der Waals surface area (Å²) in [5.41, 5.74) is 1.04. The van der Waals surface area contributed by atoms with Gasteiger partial charge in [-0.1, -0.05) is 13.8 Å². The maximum absolute atomic E-state index is 5.67. The molecule has 0 saturated heterocycles. The lowest BCUT2D eigenvalue weighted by Crippen LogP contribution is -2.45. The zero-order chi connectivity index (χ0) is 13.3. The molecule has 0 atom stereocenters. The van der Waals surface area contributed by atoms with E-state index in [-0.39, 0.29) is 0 Å². The Kier molecular flexibility index (Phi) is 8.68. The minimum atomic E-state index is -2.84. The zero-order valence-electron chi connectivity index (χ0n) is 12.1. The zero-order valence-corrected chi connectivity index (χ0v) is 13.1. The third-order valence-electron chi connectivity index (χ3n) is 2.01. The third kappa shape index (κ3) is 6.93. The van der Waals surface area contributed by atoms with Crippen molar-refractivity contribution in [3.63, 3.8) is 0 Å². The van der Waals surface area contributed by atoms with Gasteiger partial charge in [0.25, 0.3) is 0 Å². The van der Waals surface area contributed by atoms with Gasteiger partial charge in [0.05, 0.1) is 0 Å². The van der Waals surface area contributed by atoms with Gasteiger partial charge in [-0.05, 0) is 40.0 Å². The first-order valence-corrected chi connectivity index (χ1v) is 8.14. The molecule has 0 rings (SSSR count). The molecule has 0 N–H and O–H groups in total. The van der Waals surface area contributed by atoms with Crippen LogP contribution in [0, 0.1) is 5.92 Å². The monoisotopic (exact) mass is 261 g/mol. The summed E-state index contributed by atoms with van der Waals surface area (Å²) in [7, 11) is -2.84. The first kappa shape index (κ1) is 16.8. The first-order chi connectivity index (χ1) is 7.99. The van der Waals surface area contributed by atoms with E-state index in [1.54, 1.807) is 0 Å². The Balaban J connectivity index is 4.84. The highest BCUT2D eigenvalue weighted by Gasteiger charge is 2.42. The number of nitrogens with zero attached hydrogens (tertiary/aromatic N) is 1. The molecule has 0 fully saturated rings. The standard InChI is InChI=1S/C12H27NO3Si/c1-7-14-17(15-8-2,16-9-3)13-12(6)10-11(4)5/h11H,7-10H2,1-6H3. The van der Waals surface area contributed by atoms with E-state index in [9.17, 15) is 0 Å². The Labute approximate surface area is 107 Å². The topological polar surface area (TPSA) is 40.0 Å². The van der Waals surface area contributed by atoms with E-state index in [0.717, 1.165) is 12.1 Å². The summed E-state index contributed by atoms with van der Waals surface area (Å²) in [6, 6.07) is 0. The SMILES string of the molecule is CCO[Si](N=C(C)CC(C)C)(OCC)OCC. The van der Waals surface area contributed by atoms with Gasteiger partial charge in [-0.2, -0.15) is 0 Å². The summed E-state index contributed by atoms with van der Waals surface area (Å²) in [6.07, 6.45) is 0.946. The van der Waals surface area contributed by atoms with Crippen molar-refractivity contribution in [3.8, 4) is 0 Å². The van der Waals surface area contributed by atoms with Crippen molar-refractivity contribution in [2.75, 3.05) is 19.8 Å². The van der Waals surface area contributed by atoms with E-state index in [1.807, 2.05) is 27.7 Å². The molecule has 17 heavy (non-hydrogen) atoms. The van der Waals surface area contributed by atoms with Gasteiger partial charge in [0.2, 0.25) is 0 Å². The van der Waals surface area contributed by atoms with Crippen molar-refractivity contribution < 1.29 is 13.3 Å². The lowest BCUT2D eigenvalue weighted by molar-refractivity contribution is 0.0730. The van der Waals surface area contributed by atoms with Crippen molar-refractivity contribution in [2.24, 2.45) is 10.6 Å². The van der Waals surface area contributed by atoms with Crippen LogP contribution in [-0.4, -0.2) is 34.5 Å². The van der Waals surface area contributed by atoms with Crippen molar-refractivity contribution in [1.82, 2.24) is 0 Å². The molecule has 0 bridgehead atoms. The van der Waals surface area contributed by atoms with Crippen LogP contribution in [0.25, 0.3) is 0 Å². The highest BCUT2D eigenvalue weighted by Crippen LogP contribution is 2.14. The van der Waals surface area contributed by atoms with E-state index in [1.165, 1.54) is 0 Å². The maximum atomic E-state index is 5.67. The minimum absolute atomic E-state index is 0.560. The van der Waals surface area contributed by atoms with Crippen LogP contribution in [0.4, 0.5) is 0 Å². The lowest BCUT2D eigenvalue weighted by atomic mass is 10.1. The van der Waals surface area contributed by atoms with Gasteiger partial charge in [-0.15, -0.1) is 0 Å². The van der Waals surface area contributed by atoms with Crippen LogP contribution in [0.1, 0.15) is 48.0 Å². The van der Waals surface area contributed by atoms with Crippen LogP contribution < -0.4 is 0 Å². The summed E-state index contributed by atoms with van der Waals surface area (Å²) in [5.74, 6) is 0.579. The van der Waals surface area contributed by atoms with Gasteiger partial charge in [0, 0.05) is 25.5 Å². The Bertz CT molecular complexity index is 215. The van der Waals surface area contributed by atoms with E-state index in [4.69, 9.17) is 13.3 Å². The van der Waals surface area contributed by atoms with Crippen LogP contribution in [0.2, 0.25) is 0 Å². The summed E-state index contributed by atoms with van der Waals surface area (Å²) in [4.78, 5) is 0. The van der Waals surface area contributed by atoms with E-state index in [2.05, 4.69) is 18.5 Å². The fourth-order valence-corrected chi connectivity index (χ4v) is 3.74. The Morgan fingerprint density at radius 2 is 1.41 bits per heavy atom. The molecule has 0 radical (unpaired) electrons. The molecule has 102 valence electrons. The molecule has 0 spiro atoms. The number of hydrogen-bond acceptors (Lipinski definition) is 4. The molecule has 0 aliphatic rings. The molecule has 4 nitrogen and oxygen atoms in total. The largest absolute Gasteiger partial charge is 0.652 e. The molecule has 5 heteroatoms. The molecule has 0 aromatic heterocycles. The van der Waals surface area contributed by atoms with Gasteiger partial charge in [-0.25, -0.2) is 0 Å². The maximum Gasteiger partial charge on any atom is 0.652 e. The van der Waals surface area contributed by atoms with Crippen LogP contribution in [0.5, 0.6) is 0 Å². The Hall–Kier alpha value is -0.233. The van der Waals surface area contributed by atoms with Crippen LogP contribution in [-0.2, 0) is 13.3 Å². The predicted molar refractivity (Wildman–Crippen MR) is 73.2 cm³/mol. The molecular weight excluding hydrogens is 234 g/mol. The van der Waals surface area contributed by atoms with Crippen molar-refractivity contribution in [3.05, 3.63) is 0 Å². The van der Waals surface area contributed by atoms with Crippen molar-refractivity contribution in [1.29, 1.82) is 0 Å². The van der Waals surface area contributed by atoms with Crippen LogP contribution >= 0.6 is 0 Å². The van der Waals surface area contributed by atoms with E-state index in [0.29, 0.717) is 25.7 Å². The molecular formula is C12H27NO3Si. The summed E-state index contributed by atoms with van der Waals surface area (Å²) in [5, 5.41) is 0. The van der Waals surface area contributed by atoms with Crippen LogP contribution in [0.3, 0.4) is 0 Å². The normalized spacial score (nSPS) is 13.5. The average Bonchev–Trinajstić information content (AvgIpc) is 2.16. The highest BCUT2D eigenvalue weighted by molar-refractivity contribution is 6.60. The van der Waals surface area contributed by atoms with Crippen molar-refractivity contribution in [2.45, 2.75) is 48.0 Å². The van der Waals surface area contributed by atoms with E-state index < -0.39 is 8.97 Å². The van der Waals surface area contributed by atoms with Crippen molar-refractivity contribution >= 4 is 14.7 Å². The smallest absolute Gasteiger partial charge is 0.356 e. The number of hydrogen-bond donors (Lipinski definition) is 0. The Morgan fingerprint density at radius 1 is 1.00 bits per heavy atom. The van der Waals surface area contributed by atoms with Gasteiger partial charge in [0.15, 0.2) is 0 Å². The summed E-state index contributed by atoms with van der Waals surface area (Å²) >= 11 is 0. The molecule has 0 unspecified atom stereocenters. The highest BCUT2D eigenvalue weighted by atomic mass is 28.4. The summed E-state index contributed by atoms with van der Waals surface area (Å²) < 4.78 is 21.6. The van der Waals surface area contributed by atoms with Gasteiger partial charge in [0.1, 0.15) is 0 Å². The lowest BCUT2D eigenvalue weighted by Gasteiger charge is -2.24. The molecule has 0 saturated carbocycles. The third-order valence-corrected chi connectivity index (χ3v) is 4.63. The fraction of sp³-hybridized carbons (Fsp3) is 0.917. The second-order valence-electron chi connectivity index (χ2n) is 4.27. The van der Waals surface area contributed by atoms with E-state index >= 15 is 0 Å². The molecule has 0 aliphatic carbocycles. The molecule has 0 aromatic rings. The Morgan fingerprint density at radius 3 is 1.71 bits per heavy atom. The molecule has 0 aliphatic heterocycles. The van der Waals surface area contributed by atoms with Gasteiger partial charge >= 0.3 is 8.97 Å². The second-order valence-corrected chi connectivity index (χ2v) is 6.41. The quantitative estimate of drug-likeness (QED) is 0.473. The van der Waals surface area contributed by atoms with Gasteiger partial charge in [-0.3, -0.25) is 4.66 Å². The number of rotatable bonds is 9. The van der Waals surface area contributed by atoms with Crippen LogP contribution in [0.15, 0.2) is 4.66 Å². The minimum Gasteiger partial charge on any atom is -0.356 e. The van der Waals surface area contributed by atoms with Gasteiger partial charge < -0.3 is 13.3 Å². The average molecular weight is 261 g/mol. The summed E-state index contributed by atoms with van der Waals surface area (Å²) in [6.45, 7) is 13.8. The molecule has 0 amide bonds. The fourth-order valence-electron chi connectivity index (χ4n) is 1.64. The predicted octanol–water partition coefficient (Wildman–Crippen LogP) is 3.04.